The SMILES string of the molecule is CC1(C2CCCN(C(=O)CCn3ccc4ccccc43)C2)NC(=O)NC1=O. The summed E-state index contributed by atoms with van der Waals surface area (Å²) in [6.45, 7) is 3.57. The van der Waals surface area contributed by atoms with Crippen LogP contribution in [0.5, 0.6) is 0 Å². The molecule has 0 aliphatic carbocycles. The van der Waals surface area contributed by atoms with Gasteiger partial charge in [0.2, 0.25) is 5.91 Å². The summed E-state index contributed by atoms with van der Waals surface area (Å²) >= 11 is 0. The number of carbonyl (C=O) groups excluding carboxylic acids is 3. The highest BCUT2D eigenvalue weighted by molar-refractivity contribution is 6.07. The molecule has 2 fully saturated rings. The van der Waals surface area contributed by atoms with Crippen molar-refractivity contribution in [2.75, 3.05) is 13.1 Å². The van der Waals surface area contributed by atoms with E-state index in [0.29, 0.717) is 26.1 Å². The molecular formula is C20H24N4O3. The lowest BCUT2D eigenvalue weighted by atomic mass is 9.80. The smallest absolute Gasteiger partial charge is 0.322 e. The van der Waals surface area contributed by atoms with E-state index in [1.807, 2.05) is 23.2 Å². The van der Waals surface area contributed by atoms with Gasteiger partial charge >= 0.3 is 6.03 Å². The van der Waals surface area contributed by atoms with Crippen molar-refractivity contribution >= 4 is 28.7 Å². The minimum Gasteiger partial charge on any atom is -0.347 e. The van der Waals surface area contributed by atoms with Crippen molar-refractivity contribution in [1.29, 1.82) is 0 Å². The zero-order valence-corrected chi connectivity index (χ0v) is 15.4. The number of urea groups is 1. The van der Waals surface area contributed by atoms with Gasteiger partial charge in [-0.3, -0.25) is 14.9 Å². The van der Waals surface area contributed by atoms with Crippen LogP contribution in [0.3, 0.4) is 0 Å². The average Bonchev–Trinajstić information content (AvgIpc) is 3.20. The Labute approximate surface area is 157 Å². The number of aromatic nitrogens is 1. The molecule has 27 heavy (non-hydrogen) atoms. The Morgan fingerprint density at radius 3 is 2.85 bits per heavy atom. The summed E-state index contributed by atoms with van der Waals surface area (Å²) in [4.78, 5) is 38.3. The first-order valence-electron chi connectivity index (χ1n) is 9.42. The normalized spacial score (nSPS) is 25.5. The lowest BCUT2D eigenvalue weighted by molar-refractivity contribution is -0.136. The molecule has 4 rings (SSSR count). The standard InChI is InChI=1S/C20H24N4O3/c1-20(18(26)21-19(27)22-20)15-6-4-10-24(13-15)17(25)9-12-23-11-8-14-5-2-3-7-16(14)23/h2-3,5,7-8,11,15H,4,6,9-10,12-13H2,1H3,(H2,21,22,26,27). The Hall–Kier alpha value is -2.83. The van der Waals surface area contributed by atoms with Gasteiger partial charge in [-0.1, -0.05) is 18.2 Å². The van der Waals surface area contributed by atoms with Gasteiger partial charge in [-0.15, -0.1) is 0 Å². The van der Waals surface area contributed by atoms with Crippen LogP contribution in [0, 0.1) is 5.92 Å². The number of likely N-dealkylation sites (tertiary alicyclic amines) is 1. The molecule has 0 bridgehead atoms. The molecule has 7 heteroatoms. The Morgan fingerprint density at radius 1 is 1.26 bits per heavy atom. The van der Waals surface area contributed by atoms with E-state index in [4.69, 9.17) is 0 Å². The summed E-state index contributed by atoms with van der Waals surface area (Å²) in [6.07, 6.45) is 4.08. The molecule has 2 aliphatic rings. The van der Waals surface area contributed by atoms with E-state index >= 15 is 0 Å². The maximum atomic E-state index is 12.8. The number of benzene rings is 1. The summed E-state index contributed by atoms with van der Waals surface area (Å²) in [6, 6.07) is 9.72. The summed E-state index contributed by atoms with van der Waals surface area (Å²) in [5.74, 6) is -0.287. The van der Waals surface area contributed by atoms with E-state index < -0.39 is 11.6 Å². The van der Waals surface area contributed by atoms with E-state index in [-0.39, 0.29) is 17.7 Å². The van der Waals surface area contributed by atoms with Gasteiger partial charge in [0.15, 0.2) is 0 Å². The third-order valence-electron chi connectivity index (χ3n) is 5.91. The molecule has 2 unspecified atom stereocenters. The van der Waals surface area contributed by atoms with Crippen molar-refractivity contribution in [3.8, 4) is 0 Å². The van der Waals surface area contributed by atoms with Crippen LogP contribution in [0.25, 0.3) is 10.9 Å². The molecule has 0 radical (unpaired) electrons. The predicted molar refractivity (Wildman–Crippen MR) is 101 cm³/mol. The molecule has 2 aliphatic heterocycles. The van der Waals surface area contributed by atoms with E-state index in [2.05, 4.69) is 33.4 Å². The summed E-state index contributed by atoms with van der Waals surface area (Å²) in [5, 5.41) is 6.22. The maximum Gasteiger partial charge on any atom is 0.322 e. The number of hydrogen-bond acceptors (Lipinski definition) is 3. The van der Waals surface area contributed by atoms with E-state index in [1.165, 1.54) is 5.39 Å². The van der Waals surface area contributed by atoms with Gasteiger partial charge in [0, 0.05) is 43.7 Å². The number of para-hydroxylation sites is 1. The Kier molecular flexibility index (Phi) is 4.37. The van der Waals surface area contributed by atoms with Crippen LogP contribution >= 0.6 is 0 Å². The van der Waals surface area contributed by atoms with Gasteiger partial charge in [0.1, 0.15) is 5.54 Å². The molecule has 1 aromatic heterocycles. The van der Waals surface area contributed by atoms with Crippen LogP contribution in [0.4, 0.5) is 4.79 Å². The molecule has 0 saturated carbocycles. The Balaban J connectivity index is 1.40. The molecule has 4 amide bonds. The number of amides is 4. The van der Waals surface area contributed by atoms with Crippen molar-refractivity contribution < 1.29 is 14.4 Å². The predicted octanol–water partition coefficient (Wildman–Crippen LogP) is 1.87. The molecular weight excluding hydrogens is 344 g/mol. The van der Waals surface area contributed by atoms with Gasteiger partial charge in [-0.2, -0.15) is 0 Å². The summed E-state index contributed by atoms with van der Waals surface area (Å²) in [5.41, 5.74) is 0.187. The van der Waals surface area contributed by atoms with Gasteiger partial charge in [0.25, 0.3) is 5.91 Å². The lowest BCUT2D eigenvalue weighted by Crippen LogP contribution is -2.56. The van der Waals surface area contributed by atoms with Gasteiger partial charge in [-0.05, 0) is 37.3 Å². The minimum atomic E-state index is -0.938. The molecule has 7 nitrogen and oxygen atoms in total. The van der Waals surface area contributed by atoms with Gasteiger partial charge in [0.05, 0.1) is 0 Å². The molecule has 3 heterocycles. The second-order valence-corrected chi connectivity index (χ2v) is 7.61. The second-order valence-electron chi connectivity index (χ2n) is 7.61. The van der Waals surface area contributed by atoms with Crippen molar-refractivity contribution in [2.24, 2.45) is 5.92 Å². The number of fused-ring (bicyclic) bond motifs is 1. The fraction of sp³-hybridized carbons (Fsp3) is 0.450. The third kappa shape index (κ3) is 3.18. The first kappa shape index (κ1) is 17.6. The zero-order chi connectivity index (χ0) is 19.0. The molecule has 2 aromatic rings. The monoisotopic (exact) mass is 368 g/mol. The number of piperidine rings is 1. The average molecular weight is 368 g/mol. The first-order chi connectivity index (χ1) is 13.0. The molecule has 2 saturated heterocycles. The number of rotatable bonds is 4. The van der Waals surface area contributed by atoms with Gasteiger partial charge < -0.3 is 14.8 Å². The largest absolute Gasteiger partial charge is 0.347 e. The fourth-order valence-electron chi connectivity index (χ4n) is 4.23. The maximum absolute atomic E-state index is 12.8. The number of hydrogen-bond donors (Lipinski definition) is 2. The van der Waals surface area contributed by atoms with Crippen LogP contribution in [-0.4, -0.2) is 45.9 Å². The molecule has 1 aromatic carbocycles. The molecule has 142 valence electrons. The van der Waals surface area contributed by atoms with Crippen LogP contribution in [0.2, 0.25) is 0 Å². The van der Waals surface area contributed by atoms with Gasteiger partial charge in [-0.25, -0.2) is 4.79 Å². The van der Waals surface area contributed by atoms with Crippen LogP contribution < -0.4 is 10.6 Å². The zero-order valence-electron chi connectivity index (χ0n) is 15.4. The van der Waals surface area contributed by atoms with Crippen molar-refractivity contribution in [1.82, 2.24) is 20.1 Å². The topological polar surface area (TPSA) is 83.4 Å². The first-order valence-corrected chi connectivity index (χ1v) is 9.42. The summed E-state index contributed by atoms with van der Waals surface area (Å²) in [7, 11) is 0. The quantitative estimate of drug-likeness (QED) is 0.808. The van der Waals surface area contributed by atoms with Crippen LogP contribution in [-0.2, 0) is 16.1 Å². The summed E-state index contributed by atoms with van der Waals surface area (Å²) < 4.78 is 2.10. The number of imide groups is 1. The Morgan fingerprint density at radius 2 is 2.07 bits per heavy atom. The molecule has 2 atom stereocenters. The number of carbonyl (C=O) groups is 3. The number of nitrogens with zero attached hydrogens (tertiary/aromatic N) is 2. The molecule has 2 N–H and O–H groups in total. The Bertz CT molecular complexity index is 906. The van der Waals surface area contributed by atoms with Crippen molar-refractivity contribution in [3.05, 3.63) is 36.5 Å². The lowest BCUT2D eigenvalue weighted by Gasteiger charge is -2.39. The fourth-order valence-corrected chi connectivity index (χ4v) is 4.23. The van der Waals surface area contributed by atoms with Crippen molar-refractivity contribution in [3.63, 3.8) is 0 Å². The highest BCUT2D eigenvalue weighted by Gasteiger charge is 2.49. The van der Waals surface area contributed by atoms with E-state index in [9.17, 15) is 14.4 Å². The van der Waals surface area contributed by atoms with E-state index in [1.54, 1.807) is 6.92 Å². The van der Waals surface area contributed by atoms with Crippen LogP contribution in [0.1, 0.15) is 26.2 Å². The molecule has 0 spiro atoms. The van der Waals surface area contributed by atoms with Crippen molar-refractivity contribution in [2.45, 2.75) is 38.3 Å². The van der Waals surface area contributed by atoms with Crippen LogP contribution in [0.15, 0.2) is 36.5 Å². The number of aryl methyl sites for hydroxylation is 1. The minimum absolute atomic E-state index is 0.0749. The highest BCUT2D eigenvalue weighted by Crippen LogP contribution is 2.30. The van der Waals surface area contributed by atoms with E-state index in [0.717, 1.165) is 18.4 Å². The number of nitrogens with one attached hydrogen (secondary N) is 2. The highest BCUT2D eigenvalue weighted by atomic mass is 16.2. The third-order valence-corrected chi connectivity index (χ3v) is 5.91. The second kappa shape index (κ2) is 6.72.